The van der Waals surface area contributed by atoms with Gasteiger partial charge in [0, 0.05) is 29.7 Å². The van der Waals surface area contributed by atoms with Crippen molar-refractivity contribution in [2.45, 2.75) is 18.5 Å². The Morgan fingerprint density at radius 1 is 1.32 bits per heavy atom. The van der Waals surface area contributed by atoms with Crippen LogP contribution in [0, 0.1) is 0 Å². The zero-order chi connectivity index (χ0) is 16.1. The molecule has 0 bridgehead atoms. The molecule has 2 heterocycles. The summed E-state index contributed by atoms with van der Waals surface area (Å²) >= 11 is 0. The average Bonchev–Trinajstić information content (AvgIpc) is 2.80. The van der Waals surface area contributed by atoms with Gasteiger partial charge in [-0.15, -0.1) is 0 Å². The summed E-state index contributed by atoms with van der Waals surface area (Å²) in [5.74, 6) is -0.139. The maximum absolute atomic E-state index is 12.4. The number of nitrogens with zero attached hydrogens (tertiary/aromatic N) is 1. The standard InChI is InChI=1S/C12H15N3O5S2/c16-9-1-2-10(17)15(9)8(5-13-12(19)20)11(18)14-7-3-4-21-22-6-7/h1-2,7-8,13H,3-6H2,(H,14,18)(H,19,20). The molecular weight excluding hydrogens is 330 g/mol. The van der Waals surface area contributed by atoms with Gasteiger partial charge in [0.15, 0.2) is 0 Å². The van der Waals surface area contributed by atoms with Gasteiger partial charge in [0.25, 0.3) is 11.8 Å². The normalized spacial score (nSPS) is 22.5. The van der Waals surface area contributed by atoms with Crippen molar-refractivity contribution in [3.63, 3.8) is 0 Å². The number of nitrogens with one attached hydrogen (secondary N) is 2. The lowest BCUT2D eigenvalue weighted by atomic mass is 10.2. The Balaban J connectivity index is 2.05. The van der Waals surface area contributed by atoms with Crippen LogP contribution in [0.4, 0.5) is 4.79 Å². The molecule has 0 aromatic rings. The highest BCUT2D eigenvalue weighted by molar-refractivity contribution is 8.76. The Morgan fingerprint density at radius 2 is 2.00 bits per heavy atom. The minimum atomic E-state index is -1.32. The predicted octanol–water partition coefficient (Wildman–Crippen LogP) is -0.182. The second kappa shape index (κ2) is 7.54. The summed E-state index contributed by atoms with van der Waals surface area (Å²) in [7, 11) is 3.36. The second-order valence-corrected chi connectivity index (χ2v) is 7.31. The molecule has 0 aromatic carbocycles. The Morgan fingerprint density at radius 3 is 2.55 bits per heavy atom. The van der Waals surface area contributed by atoms with E-state index in [0.717, 1.165) is 35.0 Å². The second-order valence-electron chi connectivity index (χ2n) is 4.68. The highest BCUT2D eigenvalue weighted by atomic mass is 33.1. The summed E-state index contributed by atoms with van der Waals surface area (Å²) in [4.78, 5) is 47.2. The summed E-state index contributed by atoms with van der Waals surface area (Å²) in [5, 5.41) is 13.5. The van der Waals surface area contributed by atoms with Crippen LogP contribution in [-0.2, 0) is 14.4 Å². The maximum atomic E-state index is 12.4. The molecule has 2 rings (SSSR count). The highest BCUT2D eigenvalue weighted by Crippen LogP contribution is 2.29. The average molecular weight is 345 g/mol. The van der Waals surface area contributed by atoms with Gasteiger partial charge >= 0.3 is 6.09 Å². The van der Waals surface area contributed by atoms with E-state index in [2.05, 4.69) is 10.6 Å². The minimum absolute atomic E-state index is 0.0492. The van der Waals surface area contributed by atoms with Gasteiger partial charge in [-0.25, -0.2) is 4.79 Å². The van der Waals surface area contributed by atoms with E-state index in [0.29, 0.717) is 0 Å². The molecular formula is C12H15N3O5S2. The lowest BCUT2D eigenvalue weighted by molar-refractivity contribution is -0.145. The lowest BCUT2D eigenvalue weighted by Crippen LogP contribution is -2.56. The van der Waals surface area contributed by atoms with Crippen LogP contribution in [-0.4, -0.2) is 64.0 Å². The molecule has 0 aliphatic carbocycles. The molecule has 8 nitrogen and oxygen atoms in total. The molecule has 0 aromatic heterocycles. The molecule has 10 heteroatoms. The maximum Gasteiger partial charge on any atom is 0.404 e. The summed E-state index contributed by atoms with van der Waals surface area (Å²) in [6, 6.07) is -1.24. The van der Waals surface area contributed by atoms with E-state index in [1.807, 2.05) is 0 Å². The van der Waals surface area contributed by atoms with E-state index in [9.17, 15) is 19.2 Å². The zero-order valence-electron chi connectivity index (χ0n) is 11.5. The number of carboxylic acid groups (broad SMARTS) is 1. The fourth-order valence-electron chi connectivity index (χ4n) is 2.08. The Bertz CT molecular complexity index is 501. The van der Waals surface area contributed by atoms with E-state index >= 15 is 0 Å². The Kier molecular flexibility index (Phi) is 5.72. The van der Waals surface area contributed by atoms with Crippen LogP contribution in [0.5, 0.6) is 0 Å². The number of carbonyl (C=O) groups is 4. The molecule has 3 N–H and O–H groups in total. The molecule has 1 saturated heterocycles. The van der Waals surface area contributed by atoms with Gasteiger partial charge in [-0.05, 0) is 6.42 Å². The fourth-order valence-corrected chi connectivity index (χ4v) is 4.51. The van der Waals surface area contributed by atoms with E-state index in [-0.39, 0.29) is 12.6 Å². The zero-order valence-corrected chi connectivity index (χ0v) is 13.1. The van der Waals surface area contributed by atoms with Crippen molar-refractivity contribution < 1.29 is 24.3 Å². The summed E-state index contributed by atoms with van der Waals surface area (Å²) < 4.78 is 0. The quantitative estimate of drug-likeness (QED) is 0.467. The van der Waals surface area contributed by atoms with Crippen molar-refractivity contribution in [3.8, 4) is 0 Å². The van der Waals surface area contributed by atoms with Crippen molar-refractivity contribution >= 4 is 45.4 Å². The fraction of sp³-hybridized carbons (Fsp3) is 0.500. The van der Waals surface area contributed by atoms with E-state index in [1.54, 1.807) is 21.6 Å². The van der Waals surface area contributed by atoms with Crippen LogP contribution in [0.1, 0.15) is 6.42 Å². The topological polar surface area (TPSA) is 116 Å². The first-order chi connectivity index (χ1) is 10.5. The van der Waals surface area contributed by atoms with Crippen LogP contribution in [0.2, 0.25) is 0 Å². The number of amides is 4. The first-order valence-corrected chi connectivity index (χ1v) is 9.04. The highest BCUT2D eigenvalue weighted by Gasteiger charge is 2.36. The largest absolute Gasteiger partial charge is 0.465 e. The third-order valence-corrected chi connectivity index (χ3v) is 5.67. The summed E-state index contributed by atoms with van der Waals surface area (Å²) in [6.07, 6.45) is 1.60. The van der Waals surface area contributed by atoms with Gasteiger partial charge in [-0.3, -0.25) is 19.3 Å². The van der Waals surface area contributed by atoms with E-state index in [4.69, 9.17) is 5.11 Å². The van der Waals surface area contributed by atoms with Crippen molar-refractivity contribution in [2.24, 2.45) is 0 Å². The molecule has 0 saturated carbocycles. The van der Waals surface area contributed by atoms with Gasteiger partial charge in [0.2, 0.25) is 5.91 Å². The number of carbonyl (C=O) groups excluding carboxylic acids is 3. The number of rotatable bonds is 5. The molecule has 1 fully saturated rings. The summed E-state index contributed by atoms with van der Waals surface area (Å²) in [6.45, 7) is -0.338. The van der Waals surface area contributed by atoms with Crippen LogP contribution < -0.4 is 10.6 Å². The van der Waals surface area contributed by atoms with Crippen LogP contribution in [0.3, 0.4) is 0 Å². The molecule has 0 radical (unpaired) electrons. The first-order valence-electron chi connectivity index (χ1n) is 6.56. The van der Waals surface area contributed by atoms with Gasteiger partial charge < -0.3 is 15.7 Å². The molecule has 2 unspecified atom stereocenters. The lowest BCUT2D eigenvalue weighted by Gasteiger charge is -2.28. The third kappa shape index (κ3) is 4.17. The monoisotopic (exact) mass is 345 g/mol. The van der Waals surface area contributed by atoms with Crippen LogP contribution in [0.25, 0.3) is 0 Å². The third-order valence-electron chi connectivity index (χ3n) is 3.15. The van der Waals surface area contributed by atoms with Gasteiger partial charge in [0.05, 0.1) is 6.54 Å². The SMILES string of the molecule is O=C(O)NCC(C(=O)NC1CCSSC1)N1C(=O)C=CC1=O. The molecule has 2 aliphatic heterocycles. The van der Waals surface area contributed by atoms with Crippen molar-refractivity contribution in [2.75, 3.05) is 18.1 Å². The molecule has 120 valence electrons. The van der Waals surface area contributed by atoms with Crippen molar-refractivity contribution in [1.29, 1.82) is 0 Å². The number of imide groups is 1. The van der Waals surface area contributed by atoms with E-state index in [1.165, 1.54) is 0 Å². The molecule has 2 aliphatic rings. The Labute approximate surface area is 134 Å². The van der Waals surface area contributed by atoms with Crippen molar-refractivity contribution in [3.05, 3.63) is 12.2 Å². The summed E-state index contributed by atoms with van der Waals surface area (Å²) in [5.41, 5.74) is 0. The van der Waals surface area contributed by atoms with Gasteiger partial charge in [-0.1, -0.05) is 21.6 Å². The minimum Gasteiger partial charge on any atom is -0.465 e. The Hall–Kier alpha value is -1.68. The molecule has 0 spiro atoms. The smallest absolute Gasteiger partial charge is 0.404 e. The number of hydrogen-bond donors (Lipinski definition) is 3. The number of hydrogen-bond acceptors (Lipinski definition) is 6. The first kappa shape index (κ1) is 16.7. The van der Waals surface area contributed by atoms with Gasteiger partial charge in [0.1, 0.15) is 6.04 Å². The molecule has 4 amide bonds. The molecule has 2 atom stereocenters. The predicted molar refractivity (Wildman–Crippen MR) is 82.3 cm³/mol. The molecule has 22 heavy (non-hydrogen) atoms. The van der Waals surface area contributed by atoms with Crippen LogP contribution in [0.15, 0.2) is 12.2 Å². The van der Waals surface area contributed by atoms with Crippen molar-refractivity contribution in [1.82, 2.24) is 15.5 Å². The van der Waals surface area contributed by atoms with Gasteiger partial charge in [-0.2, -0.15) is 0 Å². The van der Waals surface area contributed by atoms with Crippen LogP contribution >= 0.6 is 21.6 Å². The van der Waals surface area contributed by atoms with E-state index < -0.39 is 29.9 Å².